The molecule has 3 aliphatic rings. The summed E-state index contributed by atoms with van der Waals surface area (Å²) in [5.74, 6) is -1.52. The highest BCUT2D eigenvalue weighted by molar-refractivity contribution is 7.16. The summed E-state index contributed by atoms with van der Waals surface area (Å²) in [6.07, 6.45) is 7.39. The van der Waals surface area contributed by atoms with Crippen molar-refractivity contribution in [3.63, 3.8) is 0 Å². The van der Waals surface area contributed by atoms with Crippen molar-refractivity contribution in [1.29, 1.82) is 0 Å². The standard InChI is InChI=1S/C50H35NO4S/c52-48-39-24-20-33(50(54)55)27-43(39)49(53)44(48)28-35-23-25-46(56-35)41-29-42-37-16-9-17-45(37)51(47(42)38-15-8-7-14-36(38)41)34-21-18-30(19-22-34)26-40(31-10-3-1-4-11-31)32-12-5-2-6-13-32/h1-8,10-15,18-29,37,45H,9,16-17H2,(H,54,55)/b44-28+. The van der Waals surface area contributed by atoms with E-state index in [0.29, 0.717) is 12.0 Å². The van der Waals surface area contributed by atoms with Crippen molar-refractivity contribution in [2.45, 2.75) is 31.2 Å². The van der Waals surface area contributed by atoms with E-state index in [1.807, 2.05) is 6.07 Å². The molecule has 0 saturated heterocycles. The number of Topliss-reactive ketones (excluding diaryl/α,β-unsaturated/α-hetero) is 2. The number of carboxylic acids is 1. The summed E-state index contributed by atoms with van der Waals surface area (Å²) >= 11 is 1.56. The van der Waals surface area contributed by atoms with Gasteiger partial charge in [0.1, 0.15) is 0 Å². The van der Waals surface area contributed by atoms with Gasteiger partial charge >= 0.3 is 5.97 Å². The summed E-state index contributed by atoms with van der Waals surface area (Å²) in [5, 5.41) is 11.8. The third-order valence-electron chi connectivity index (χ3n) is 11.6. The summed E-state index contributed by atoms with van der Waals surface area (Å²) in [5.41, 5.74) is 10.2. The molecule has 6 heteroatoms. The number of allylic oxidation sites excluding steroid dienone is 1. The van der Waals surface area contributed by atoms with Crippen LogP contribution in [0.5, 0.6) is 0 Å². The predicted octanol–water partition coefficient (Wildman–Crippen LogP) is 12.1. The van der Waals surface area contributed by atoms with E-state index in [-0.39, 0.29) is 28.0 Å². The number of hydrogen-bond donors (Lipinski definition) is 1. The summed E-state index contributed by atoms with van der Waals surface area (Å²) in [6, 6.07) is 49.7. The molecule has 0 radical (unpaired) electrons. The molecule has 1 aliphatic heterocycles. The van der Waals surface area contributed by atoms with Crippen LogP contribution in [0.4, 0.5) is 11.4 Å². The van der Waals surface area contributed by atoms with E-state index in [4.69, 9.17) is 0 Å². The minimum Gasteiger partial charge on any atom is -0.478 e. The monoisotopic (exact) mass is 745 g/mol. The van der Waals surface area contributed by atoms with Crippen LogP contribution in [0.15, 0.2) is 151 Å². The predicted molar refractivity (Wildman–Crippen MR) is 226 cm³/mol. The fraction of sp³-hybridized carbons (Fsp3) is 0.100. The van der Waals surface area contributed by atoms with E-state index in [1.54, 1.807) is 17.4 Å². The zero-order valence-electron chi connectivity index (χ0n) is 30.3. The molecule has 2 atom stereocenters. The van der Waals surface area contributed by atoms with Crippen LogP contribution in [0.3, 0.4) is 0 Å². The highest BCUT2D eigenvalue weighted by atomic mass is 32.1. The number of hydrogen-bond acceptors (Lipinski definition) is 5. The zero-order chi connectivity index (χ0) is 37.9. The van der Waals surface area contributed by atoms with E-state index in [1.165, 1.54) is 63.6 Å². The van der Waals surface area contributed by atoms with Crippen molar-refractivity contribution >= 4 is 68.7 Å². The second-order valence-electron chi connectivity index (χ2n) is 14.7. The van der Waals surface area contributed by atoms with Crippen molar-refractivity contribution < 1.29 is 19.5 Å². The minimum atomic E-state index is -1.13. The van der Waals surface area contributed by atoms with Crippen LogP contribution in [0.25, 0.3) is 38.9 Å². The molecular formula is C50H35NO4S. The molecule has 2 unspecified atom stereocenters. The second kappa shape index (κ2) is 13.6. The van der Waals surface area contributed by atoms with Gasteiger partial charge in [0.15, 0.2) is 11.6 Å². The molecule has 0 spiro atoms. The molecule has 1 saturated carbocycles. The van der Waals surface area contributed by atoms with Gasteiger partial charge in [0.2, 0.25) is 0 Å². The largest absolute Gasteiger partial charge is 0.478 e. The Morgan fingerprint density at radius 3 is 2.05 bits per heavy atom. The van der Waals surface area contributed by atoms with Gasteiger partial charge in [-0.05, 0) is 112 Å². The van der Waals surface area contributed by atoms with Crippen molar-refractivity contribution in [2.24, 2.45) is 0 Å². The Kier molecular flexibility index (Phi) is 8.23. The Morgan fingerprint density at radius 1 is 0.661 bits per heavy atom. The molecule has 6 aromatic carbocycles. The van der Waals surface area contributed by atoms with Gasteiger partial charge in [-0.1, -0.05) is 103 Å². The first kappa shape index (κ1) is 33.9. The van der Waals surface area contributed by atoms with Gasteiger partial charge in [-0.3, -0.25) is 9.59 Å². The van der Waals surface area contributed by atoms with Crippen LogP contribution < -0.4 is 4.90 Å². The highest BCUT2D eigenvalue weighted by Gasteiger charge is 2.43. The first-order chi connectivity index (χ1) is 27.4. The van der Waals surface area contributed by atoms with Gasteiger partial charge in [0, 0.05) is 43.9 Å². The molecule has 2 aliphatic carbocycles. The maximum Gasteiger partial charge on any atom is 0.335 e. The normalized spacial score (nSPS) is 17.6. The number of ketones is 2. The first-order valence-electron chi connectivity index (χ1n) is 19.0. The smallest absolute Gasteiger partial charge is 0.335 e. The maximum atomic E-state index is 13.3. The van der Waals surface area contributed by atoms with Crippen molar-refractivity contribution in [3.8, 4) is 10.4 Å². The number of carboxylic acid groups (broad SMARTS) is 1. The molecule has 1 fully saturated rings. The molecule has 56 heavy (non-hydrogen) atoms. The number of thiophene rings is 1. The summed E-state index contributed by atoms with van der Waals surface area (Å²) in [7, 11) is 0. The fourth-order valence-corrected chi connectivity index (χ4v) is 9.99. The van der Waals surface area contributed by atoms with Gasteiger partial charge in [0.25, 0.3) is 0 Å². The zero-order valence-corrected chi connectivity index (χ0v) is 31.1. The average molecular weight is 746 g/mol. The van der Waals surface area contributed by atoms with E-state index in [0.717, 1.165) is 39.1 Å². The number of carbonyl (C=O) groups excluding carboxylic acids is 2. The third kappa shape index (κ3) is 5.64. The SMILES string of the molecule is O=C(O)c1ccc2c(c1)C(=O)/C(=C/c1ccc(-c3cc4c(c5ccccc35)N(c3ccc(C=C(c5ccccc5)c5ccccc5)cc3)C3CCCC43)s1)C2=O. The number of aromatic carboxylic acids is 1. The maximum absolute atomic E-state index is 13.3. The molecule has 2 heterocycles. The van der Waals surface area contributed by atoms with Crippen LogP contribution in [-0.4, -0.2) is 28.7 Å². The lowest BCUT2D eigenvalue weighted by atomic mass is 9.91. The Balaban J connectivity index is 1.01. The van der Waals surface area contributed by atoms with Crippen LogP contribution in [0.2, 0.25) is 0 Å². The lowest BCUT2D eigenvalue weighted by Crippen LogP contribution is -2.26. The number of rotatable bonds is 7. The quantitative estimate of drug-likeness (QED) is 0.0999. The lowest BCUT2D eigenvalue weighted by Gasteiger charge is -2.28. The van der Waals surface area contributed by atoms with E-state index >= 15 is 0 Å². The fourth-order valence-electron chi connectivity index (χ4n) is 9.01. The third-order valence-corrected chi connectivity index (χ3v) is 12.6. The highest BCUT2D eigenvalue weighted by Crippen LogP contribution is 2.56. The molecule has 1 N–H and O–H groups in total. The molecule has 5 nitrogen and oxygen atoms in total. The second-order valence-corrected chi connectivity index (χ2v) is 15.9. The molecule has 1 aromatic heterocycles. The van der Waals surface area contributed by atoms with Crippen LogP contribution in [0, 0.1) is 0 Å². The Morgan fingerprint density at radius 2 is 1.34 bits per heavy atom. The minimum absolute atomic E-state index is 0.0125. The molecular weight excluding hydrogens is 711 g/mol. The summed E-state index contributed by atoms with van der Waals surface area (Å²) in [6.45, 7) is 0. The van der Waals surface area contributed by atoms with Gasteiger partial charge < -0.3 is 10.0 Å². The lowest BCUT2D eigenvalue weighted by molar-refractivity contribution is 0.0696. The molecule has 270 valence electrons. The topological polar surface area (TPSA) is 74.7 Å². The van der Waals surface area contributed by atoms with Gasteiger partial charge in [-0.25, -0.2) is 4.79 Å². The van der Waals surface area contributed by atoms with Gasteiger partial charge in [0.05, 0.1) is 16.8 Å². The van der Waals surface area contributed by atoms with Crippen LogP contribution >= 0.6 is 11.3 Å². The van der Waals surface area contributed by atoms with Crippen LogP contribution in [0.1, 0.15) is 83.4 Å². The molecule has 10 rings (SSSR count). The number of benzene rings is 6. The van der Waals surface area contributed by atoms with E-state index in [2.05, 4.69) is 132 Å². The first-order valence-corrected chi connectivity index (χ1v) is 19.8. The molecule has 0 amide bonds. The number of nitrogens with zero attached hydrogens (tertiary/aromatic N) is 1. The Hall–Kier alpha value is -6.63. The van der Waals surface area contributed by atoms with Crippen molar-refractivity contribution in [1.82, 2.24) is 0 Å². The number of anilines is 2. The average Bonchev–Trinajstić information content (AvgIpc) is 4.02. The molecule has 7 aromatic rings. The van der Waals surface area contributed by atoms with Crippen molar-refractivity contribution in [3.05, 3.63) is 195 Å². The van der Waals surface area contributed by atoms with E-state index < -0.39 is 11.8 Å². The van der Waals surface area contributed by atoms with Gasteiger partial charge in [-0.2, -0.15) is 0 Å². The van der Waals surface area contributed by atoms with Crippen molar-refractivity contribution in [2.75, 3.05) is 4.90 Å². The molecule has 0 bridgehead atoms. The van der Waals surface area contributed by atoms with Gasteiger partial charge in [-0.15, -0.1) is 11.3 Å². The number of fused-ring (bicyclic) bond motifs is 6. The Labute approximate surface area is 328 Å². The van der Waals surface area contributed by atoms with Crippen LogP contribution in [-0.2, 0) is 0 Å². The summed E-state index contributed by atoms with van der Waals surface area (Å²) in [4.78, 5) is 42.6. The number of carbonyl (C=O) groups is 3. The van der Waals surface area contributed by atoms with E-state index in [9.17, 15) is 19.5 Å². The summed E-state index contributed by atoms with van der Waals surface area (Å²) < 4.78 is 0. The Bertz CT molecular complexity index is 2750.